The molecule has 19 heavy (non-hydrogen) atoms. The van der Waals surface area contributed by atoms with Crippen LogP contribution in [0.5, 0.6) is 0 Å². The van der Waals surface area contributed by atoms with E-state index < -0.39 is 0 Å². The van der Waals surface area contributed by atoms with Crippen LogP contribution in [0.15, 0.2) is 6.33 Å². The molecule has 108 valence electrons. The maximum absolute atomic E-state index is 6.54. The SMILES string of the molecule is CCCC1CCC(Cl)C(Cc2ncnn2CCC)C1. The monoisotopic (exact) mass is 283 g/mol. The number of aryl methyl sites for hydroxylation is 1. The number of alkyl halides is 1. The van der Waals surface area contributed by atoms with Gasteiger partial charge in [-0.05, 0) is 37.5 Å². The second-order valence-electron chi connectivity index (χ2n) is 5.85. The molecular weight excluding hydrogens is 258 g/mol. The zero-order valence-electron chi connectivity index (χ0n) is 12.2. The molecule has 3 atom stereocenters. The molecule has 1 aromatic heterocycles. The molecule has 4 heteroatoms. The Kier molecular flexibility index (Phi) is 5.68. The lowest BCUT2D eigenvalue weighted by Crippen LogP contribution is -2.28. The van der Waals surface area contributed by atoms with Crippen molar-refractivity contribution in [3.8, 4) is 0 Å². The minimum Gasteiger partial charge on any atom is -0.250 e. The zero-order valence-corrected chi connectivity index (χ0v) is 12.9. The van der Waals surface area contributed by atoms with E-state index in [0.29, 0.717) is 11.3 Å². The molecule has 0 spiro atoms. The van der Waals surface area contributed by atoms with Crippen LogP contribution in [0, 0.1) is 11.8 Å². The van der Waals surface area contributed by atoms with E-state index in [2.05, 4.69) is 23.9 Å². The van der Waals surface area contributed by atoms with Crippen LogP contribution in [0.1, 0.15) is 58.2 Å². The van der Waals surface area contributed by atoms with Gasteiger partial charge in [0.2, 0.25) is 0 Å². The van der Waals surface area contributed by atoms with E-state index in [1.165, 1.54) is 32.1 Å². The highest BCUT2D eigenvalue weighted by Gasteiger charge is 2.29. The van der Waals surface area contributed by atoms with Gasteiger partial charge in [0.05, 0.1) is 0 Å². The average Bonchev–Trinajstić information content (AvgIpc) is 2.82. The van der Waals surface area contributed by atoms with E-state index in [4.69, 9.17) is 11.6 Å². The Bertz CT molecular complexity index is 377. The van der Waals surface area contributed by atoms with Gasteiger partial charge in [0, 0.05) is 18.3 Å². The predicted octanol–water partition coefficient (Wildman–Crippen LogP) is 4.05. The van der Waals surface area contributed by atoms with E-state index >= 15 is 0 Å². The molecule has 3 nitrogen and oxygen atoms in total. The maximum Gasteiger partial charge on any atom is 0.138 e. The quantitative estimate of drug-likeness (QED) is 0.737. The summed E-state index contributed by atoms with van der Waals surface area (Å²) >= 11 is 6.54. The Balaban J connectivity index is 1.97. The van der Waals surface area contributed by atoms with Gasteiger partial charge in [0.25, 0.3) is 0 Å². The summed E-state index contributed by atoms with van der Waals surface area (Å²) in [6, 6.07) is 0. The highest BCUT2D eigenvalue weighted by molar-refractivity contribution is 6.20. The number of rotatable bonds is 6. The van der Waals surface area contributed by atoms with Gasteiger partial charge in [-0.2, -0.15) is 5.10 Å². The fraction of sp³-hybridized carbons (Fsp3) is 0.867. The highest BCUT2D eigenvalue weighted by Crippen LogP contribution is 2.36. The molecule has 1 heterocycles. The number of hydrogen-bond donors (Lipinski definition) is 0. The summed E-state index contributed by atoms with van der Waals surface area (Å²) < 4.78 is 2.05. The molecule has 1 aromatic rings. The standard InChI is InChI=1S/C15H26ClN3/c1-3-5-12-6-7-14(16)13(9-12)10-15-17-11-18-19(15)8-4-2/h11-14H,3-10H2,1-2H3. The first-order valence-electron chi connectivity index (χ1n) is 7.75. The summed E-state index contributed by atoms with van der Waals surface area (Å²) in [4.78, 5) is 4.43. The fourth-order valence-electron chi connectivity index (χ4n) is 3.29. The lowest BCUT2D eigenvalue weighted by atomic mass is 9.77. The van der Waals surface area contributed by atoms with E-state index in [9.17, 15) is 0 Å². The lowest BCUT2D eigenvalue weighted by Gasteiger charge is -2.32. The fourth-order valence-corrected chi connectivity index (χ4v) is 3.60. The summed E-state index contributed by atoms with van der Waals surface area (Å²) in [5.74, 6) is 2.56. The molecular formula is C15H26ClN3. The van der Waals surface area contributed by atoms with E-state index in [-0.39, 0.29) is 0 Å². The Labute approximate surface area is 121 Å². The van der Waals surface area contributed by atoms with Crippen LogP contribution in [-0.4, -0.2) is 20.1 Å². The normalized spacial score (nSPS) is 27.6. The highest BCUT2D eigenvalue weighted by atomic mass is 35.5. The van der Waals surface area contributed by atoms with Crippen LogP contribution >= 0.6 is 11.6 Å². The van der Waals surface area contributed by atoms with Crippen molar-refractivity contribution in [1.82, 2.24) is 14.8 Å². The van der Waals surface area contributed by atoms with E-state index in [1.807, 2.05) is 4.68 Å². The Morgan fingerprint density at radius 3 is 2.89 bits per heavy atom. The van der Waals surface area contributed by atoms with Crippen molar-refractivity contribution in [2.75, 3.05) is 0 Å². The van der Waals surface area contributed by atoms with Gasteiger partial charge in [-0.3, -0.25) is 4.68 Å². The largest absolute Gasteiger partial charge is 0.250 e. The van der Waals surface area contributed by atoms with Crippen LogP contribution in [0.3, 0.4) is 0 Å². The second-order valence-corrected chi connectivity index (χ2v) is 6.41. The molecule has 0 N–H and O–H groups in total. The van der Waals surface area contributed by atoms with Crippen molar-refractivity contribution >= 4 is 11.6 Å². The zero-order chi connectivity index (χ0) is 13.7. The van der Waals surface area contributed by atoms with E-state index in [1.54, 1.807) is 6.33 Å². The van der Waals surface area contributed by atoms with Gasteiger partial charge in [-0.15, -0.1) is 11.6 Å². The van der Waals surface area contributed by atoms with Crippen molar-refractivity contribution < 1.29 is 0 Å². The number of hydrogen-bond acceptors (Lipinski definition) is 2. The molecule has 0 saturated heterocycles. The average molecular weight is 284 g/mol. The maximum atomic E-state index is 6.54. The Morgan fingerprint density at radius 1 is 1.32 bits per heavy atom. The van der Waals surface area contributed by atoms with Crippen molar-refractivity contribution in [2.24, 2.45) is 11.8 Å². The van der Waals surface area contributed by atoms with Gasteiger partial charge in [0.15, 0.2) is 0 Å². The van der Waals surface area contributed by atoms with Gasteiger partial charge >= 0.3 is 0 Å². The van der Waals surface area contributed by atoms with Crippen LogP contribution in [0.4, 0.5) is 0 Å². The van der Waals surface area contributed by atoms with Gasteiger partial charge in [-0.1, -0.05) is 26.7 Å². The number of halogens is 1. The predicted molar refractivity (Wildman–Crippen MR) is 79.4 cm³/mol. The molecule has 0 amide bonds. The third-order valence-electron chi connectivity index (χ3n) is 4.27. The van der Waals surface area contributed by atoms with Crippen LogP contribution in [0.25, 0.3) is 0 Å². The minimum absolute atomic E-state index is 0.319. The molecule has 0 aromatic carbocycles. The molecule has 1 fully saturated rings. The van der Waals surface area contributed by atoms with Crippen LogP contribution in [-0.2, 0) is 13.0 Å². The third-order valence-corrected chi connectivity index (χ3v) is 4.85. The molecule has 3 unspecified atom stereocenters. The smallest absolute Gasteiger partial charge is 0.138 e. The van der Waals surface area contributed by atoms with Crippen molar-refractivity contribution in [1.29, 1.82) is 0 Å². The minimum atomic E-state index is 0.319. The first-order chi connectivity index (χ1) is 9.24. The third kappa shape index (κ3) is 3.95. The summed E-state index contributed by atoms with van der Waals surface area (Å²) in [6.07, 6.45) is 10.1. The second kappa shape index (κ2) is 7.28. The van der Waals surface area contributed by atoms with Gasteiger partial charge in [-0.25, -0.2) is 4.98 Å². The molecule has 2 rings (SSSR count). The number of nitrogens with zero attached hydrogens (tertiary/aromatic N) is 3. The van der Waals surface area contributed by atoms with Crippen LogP contribution in [0.2, 0.25) is 0 Å². The molecule has 0 bridgehead atoms. The summed E-state index contributed by atoms with van der Waals surface area (Å²) in [6.45, 7) is 5.42. The molecule has 1 aliphatic carbocycles. The van der Waals surface area contributed by atoms with Crippen molar-refractivity contribution in [3.05, 3.63) is 12.2 Å². The van der Waals surface area contributed by atoms with E-state index in [0.717, 1.165) is 31.1 Å². The molecule has 0 radical (unpaired) electrons. The Hall–Kier alpha value is -0.570. The Morgan fingerprint density at radius 2 is 2.16 bits per heavy atom. The number of aromatic nitrogens is 3. The topological polar surface area (TPSA) is 30.7 Å². The van der Waals surface area contributed by atoms with Crippen molar-refractivity contribution in [2.45, 2.75) is 70.7 Å². The molecule has 1 saturated carbocycles. The summed E-state index contributed by atoms with van der Waals surface area (Å²) in [5.41, 5.74) is 0. The first kappa shape index (κ1) is 14.8. The van der Waals surface area contributed by atoms with Crippen molar-refractivity contribution in [3.63, 3.8) is 0 Å². The summed E-state index contributed by atoms with van der Waals surface area (Å²) in [5, 5.41) is 4.63. The lowest BCUT2D eigenvalue weighted by molar-refractivity contribution is 0.252. The summed E-state index contributed by atoms with van der Waals surface area (Å²) in [7, 11) is 0. The molecule has 1 aliphatic rings. The van der Waals surface area contributed by atoms with Gasteiger partial charge in [0.1, 0.15) is 12.2 Å². The molecule has 0 aliphatic heterocycles. The first-order valence-corrected chi connectivity index (χ1v) is 8.19. The van der Waals surface area contributed by atoms with Crippen LogP contribution < -0.4 is 0 Å². The van der Waals surface area contributed by atoms with Gasteiger partial charge < -0.3 is 0 Å².